The van der Waals surface area contributed by atoms with E-state index in [1.165, 1.54) is 13.8 Å². The number of hydrogen-bond acceptors (Lipinski definition) is 3. The first-order valence-corrected chi connectivity index (χ1v) is 7.10. The van der Waals surface area contributed by atoms with Gasteiger partial charge >= 0.3 is 5.97 Å². The van der Waals surface area contributed by atoms with Gasteiger partial charge in [-0.1, -0.05) is 32.6 Å². The van der Waals surface area contributed by atoms with E-state index in [0.29, 0.717) is 6.42 Å². The highest BCUT2D eigenvalue weighted by molar-refractivity contribution is 5.86. The molecule has 1 unspecified atom stereocenters. The van der Waals surface area contributed by atoms with Crippen LogP contribution in [0, 0.1) is 0 Å². The number of nitrogens with one attached hydrogen (secondary N) is 2. The van der Waals surface area contributed by atoms with Gasteiger partial charge in [0.1, 0.15) is 5.54 Å². The van der Waals surface area contributed by atoms with Crippen molar-refractivity contribution in [2.24, 2.45) is 0 Å². The molecule has 6 nitrogen and oxygen atoms in total. The number of amides is 2. The van der Waals surface area contributed by atoms with Crippen LogP contribution in [-0.4, -0.2) is 35.0 Å². The van der Waals surface area contributed by atoms with Crippen LogP contribution in [0.2, 0.25) is 0 Å². The monoisotopic (exact) mass is 286 g/mol. The maximum Gasteiger partial charge on any atom is 0.329 e. The molecule has 0 spiro atoms. The van der Waals surface area contributed by atoms with Gasteiger partial charge in [-0.15, -0.1) is 0 Å². The number of carboxylic acids is 1. The second kappa shape index (κ2) is 9.34. The molecule has 0 aliphatic heterocycles. The molecule has 0 saturated heterocycles. The molecule has 0 fully saturated rings. The smallest absolute Gasteiger partial charge is 0.329 e. The highest BCUT2D eigenvalue weighted by Gasteiger charge is 2.33. The summed E-state index contributed by atoms with van der Waals surface area (Å²) in [7, 11) is 0. The fourth-order valence-electron chi connectivity index (χ4n) is 1.85. The van der Waals surface area contributed by atoms with E-state index in [0.717, 1.165) is 25.7 Å². The molecule has 1 atom stereocenters. The molecule has 0 heterocycles. The minimum atomic E-state index is -1.24. The number of unbranched alkanes of at least 4 members (excludes halogenated alkanes) is 3. The van der Waals surface area contributed by atoms with Crippen molar-refractivity contribution in [3.63, 3.8) is 0 Å². The fraction of sp³-hybridized carbons (Fsp3) is 0.786. The highest BCUT2D eigenvalue weighted by Crippen LogP contribution is 2.16. The molecule has 0 rings (SSSR count). The van der Waals surface area contributed by atoms with Crippen molar-refractivity contribution in [3.8, 4) is 0 Å². The van der Waals surface area contributed by atoms with Gasteiger partial charge in [0, 0.05) is 19.9 Å². The van der Waals surface area contributed by atoms with Gasteiger partial charge in [0.05, 0.1) is 0 Å². The lowest BCUT2D eigenvalue weighted by Gasteiger charge is -2.26. The standard InChI is InChI=1S/C14H26N2O4/c1-4-5-6-7-9-14(3,13(19)20)16-12(18)8-10-15-11(2)17/h4-10H2,1-3H3,(H,15,17)(H,16,18)(H,19,20). The Morgan fingerprint density at radius 1 is 1.15 bits per heavy atom. The third-order valence-electron chi connectivity index (χ3n) is 3.14. The van der Waals surface area contributed by atoms with Crippen LogP contribution in [0.1, 0.15) is 59.3 Å². The largest absolute Gasteiger partial charge is 0.480 e. The van der Waals surface area contributed by atoms with E-state index in [1.54, 1.807) is 0 Å². The van der Waals surface area contributed by atoms with E-state index >= 15 is 0 Å². The summed E-state index contributed by atoms with van der Waals surface area (Å²) in [4.78, 5) is 33.7. The van der Waals surface area contributed by atoms with Crippen LogP contribution in [0.4, 0.5) is 0 Å². The van der Waals surface area contributed by atoms with E-state index in [9.17, 15) is 19.5 Å². The van der Waals surface area contributed by atoms with E-state index in [-0.39, 0.29) is 24.8 Å². The SMILES string of the molecule is CCCCCCC(C)(NC(=O)CCNC(C)=O)C(=O)O. The average Bonchev–Trinajstić information content (AvgIpc) is 2.34. The maximum atomic E-state index is 11.7. The van der Waals surface area contributed by atoms with Crippen molar-refractivity contribution < 1.29 is 19.5 Å². The van der Waals surface area contributed by atoms with Gasteiger partial charge < -0.3 is 15.7 Å². The number of aliphatic carboxylic acids is 1. The molecular formula is C14H26N2O4. The van der Waals surface area contributed by atoms with Crippen molar-refractivity contribution >= 4 is 17.8 Å². The molecule has 0 aliphatic carbocycles. The zero-order chi connectivity index (χ0) is 15.6. The number of carbonyl (C=O) groups excluding carboxylic acids is 2. The molecular weight excluding hydrogens is 260 g/mol. The quantitative estimate of drug-likeness (QED) is 0.530. The number of rotatable bonds is 10. The van der Waals surface area contributed by atoms with Gasteiger partial charge in [0.2, 0.25) is 11.8 Å². The van der Waals surface area contributed by atoms with Crippen LogP contribution >= 0.6 is 0 Å². The van der Waals surface area contributed by atoms with Gasteiger partial charge in [-0.05, 0) is 13.3 Å². The van der Waals surface area contributed by atoms with Gasteiger partial charge in [-0.2, -0.15) is 0 Å². The van der Waals surface area contributed by atoms with Crippen molar-refractivity contribution in [3.05, 3.63) is 0 Å². The Kier molecular flexibility index (Phi) is 8.59. The first-order valence-electron chi connectivity index (χ1n) is 7.10. The number of carbonyl (C=O) groups is 3. The van der Waals surface area contributed by atoms with E-state index in [1.807, 2.05) is 0 Å². The molecule has 3 N–H and O–H groups in total. The first kappa shape index (κ1) is 18.4. The summed E-state index contributed by atoms with van der Waals surface area (Å²) in [6.07, 6.45) is 4.36. The summed E-state index contributed by atoms with van der Waals surface area (Å²) in [5, 5.41) is 14.3. The zero-order valence-electron chi connectivity index (χ0n) is 12.6. The summed E-state index contributed by atoms with van der Waals surface area (Å²) in [5.74, 6) is -1.60. The Morgan fingerprint density at radius 3 is 2.30 bits per heavy atom. The Hall–Kier alpha value is -1.59. The third-order valence-corrected chi connectivity index (χ3v) is 3.14. The van der Waals surface area contributed by atoms with E-state index < -0.39 is 11.5 Å². The first-order chi connectivity index (χ1) is 9.31. The predicted octanol–water partition coefficient (Wildman–Crippen LogP) is 1.44. The van der Waals surface area contributed by atoms with Crippen LogP contribution in [0.25, 0.3) is 0 Å². The topological polar surface area (TPSA) is 95.5 Å². The summed E-state index contributed by atoms with van der Waals surface area (Å²) >= 11 is 0. The minimum Gasteiger partial charge on any atom is -0.480 e. The Labute approximate surface area is 120 Å². The molecule has 116 valence electrons. The Balaban J connectivity index is 4.26. The van der Waals surface area contributed by atoms with Crippen LogP contribution in [0.5, 0.6) is 0 Å². The number of hydrogen-bond donors (Lipinski definition) is 3. The van der Waals surface area contributed by atoms with Crippen molar-refractivity contribution in [2.45, 2.75) is 64.8 Å². The lowest BCUT2D eigenvalue weighted by atomic mass is 9.94. The third kappa shape index (κ3) is 7.76. The molecule has 0 aliphatic rings. The summed E-state index contributed by atoms with van der Waals surface area (Å²) in [6, 6.07) is 0. The molecule has 2 amide bonds. The number of carboxylic acid groups (broad SMARTS) is 1. The Morgan fingerprint density at radius 2 is 1.80 bits per heavy atom. The Bertz CT molecular complexity index is 344. The molecule has 20 heavy (non-hydrogen) atoms. The van der Waals surface area contributed by atoms with Crippen molar-refractivity contribution in [1.29, 1.82) is 0 Å². The highest BCUT2D eigenvalue weighted by atomic mass is 16.4. The molecule has 0 saturated carbocycles. The zero-order valence-corrected chi connectivity index (χ0v) is 12.6. The summed E-state index contributed by atoms with van der Waals surface area (Å²) in [5.41, 5.74) is -1.24. The predicted molar refractivity (Wildman–Crippen MR) is 76.2 cm³/mol. The van der Waals surface area contributed by atoms with Gasteiger partial charge in [-0.3, -0.25) is 9.59 Å². The van der Waals surface area contributed by atoms with Crippen LogP contribution in [0.3, 0.4) is 0 Å². The van der Waals surface area contributed by atoms with E-state index in [4.69, 9.17) is 0 Å². The molecule has 0 aromatic heterocycles. The fourth-order valence-corrected chi connectivity index (χ4v) is 1.85. The van der Waals surface area contributed by atoms with Crippen molar-refractivity contribution in [1.82, 2.24) is 10.6 Å². The minimum absolute atomic E-state index is 0.0808. The van der Waals surface area contributed by atoms with Crippen LogP contribution in [0.15, 0.2) is 0 Å². The van der Waals surface area contributed by atoms with Gasteiger partial charge in [0.15, 0.2) is 0 Å². The molecule has 0 aromatic rings. The second-order valence-corrected chi connectivity index (χ2v) is 5.23. The van der Waals surface area contributed by atoms with Crippen LogP contribution in [-0.2, 0) is 14.4 Å². The normalized spacial score (nSPS) is 13.3. The molecule has 0 bridgehead atoms. The summed E-state index contributed by atoms with van der Waals surface area (Å²) < 4.78 is 0. The average molecular weight is 286 g/mol. The van der Waals surface area contributed by atoms with E-state index in [2.05, 4.69) is 17.6 Å². The molecule has 0 aromatic carbocycles. The van der Waals surface area contributed by atoms with Crippen molar-refractivity contribution in [2.75, 3.05) is 6.54 Å². The summed E-state index contributed by atoms with van der Waals surface area (Å²) in [6.45, 7) is 5.19. The molecule has 6 heteroatoms. The maximum absolute atomic E-state index is 11.7. The lowest BCUT2D eigenvalue weighted by Crippen LogP contribution is -2.52. The van der Waals surface area contributed by atoms with Gasteiger partial charge in [0.25, 0.3) is 0 Å². The van der Waals surface area contributed by atoms with Gasteiger partial charge in [-0.25, -0.2) is 4.79 Å². The lowest BCUT2D eigenvalue weighted by molar-refractivity contribution is -0.147. The second-order valence-electron chi connectivity index (χ2n) is 5.23. The van der Waals surface area contributed by atoms with Crippen LogP contribution < -0.4 is 10.6 Å². The molecule has 0 radical (unpaired) electrons.